The maximum Gasteiger partial charge on any atom is 0.177 e. The maximum atomic E-state index is 6.11. The van der Waals surface area contributed by atoms with Gasteiger partial charge in [0.05, 0.1) is 22.3 Å². The van der Waals surface area contributed by atoms with E-state index in [9.17, 15) is 0 Å². The number of aromatic amines is 1. The Morgan fingerprint density at radius 2 is 1.76 bits per heavy atom. The lowest BCUT2D eigenvalue weighted by Crippen LogP contribution is -2.01. The van der Waals surface area contributed by atoms with Gasteiger partial charge in [0.1, 0.15) is 0 Å². The molecule has 3 aromatic rings. The first-order valence-corrected chi connectivity index (χ1v) is 7.59. The number of benzene rings is 2. The van der Waals surface area contributed by atoms with Crippen molar-refractivity contribution in [1.82, 2.24) is 9.55 Å². The van der Waals surface area contributed by atoms with Crippen molar-refractivity contribution in [2.45, 2.75) is 6.54 Å². The highest BCUT2D eigenvalue weighted by Crippen LogP contribution is 2.29. The van der Waals surface area contributed by atoms with E-state index in [0.717, 1.165) is 11.3 Å². The van der Waals surface area contributed by atoms with Crippen LogP contribution in [-0.2, 0) is 6.54 Å². The summed E-state index contributed by atoms with van der Waals surface area (Å²) in [4.78, 5) is 3.09. The van der Waals surface area contributed by atoms with Gasteiger partial charge >= 0.3 is 0 Å². The van der Waals surface area contributed by atoms with Crippen molar-refractivity contribution in [2.24, 2.45) is 0 Å². The van der Waals surface area contributed by atoms with Gasteiger partial charge in [0.2, 0.25) is 0 Å². The fourth-order valence-electron chi connectivity index (χ4n) is 2.21. The second-order valence-electron chi connectivity index (χ2n) is 4.68. The third-order valence-corrected chi connectivity index (χ3v) is 4.34. The van der Waals surface area contributed by atoms with Crippen LogP contribution in [0.25, 0.3) is 11.3 Å². The van der Waals surface area contributed by atoms with Gasteiger partial charge in [0.15, 0.2) is 4.77 Å². The van der Waals surface area contributed by atoms with Crippen LogP contribution in [0.3, 0.4) is 0 Å². The molecule has 5 heteroatoms. The first kappa shape index (κ1) is 14.4. The molecule has 0 spiro atoms. The Bertz CT molecular complexity index is 822. The van der Waals surface area contributed by atoms with E-state index in [1.165, 1.54) is 5.56 Å². The highest BCUT2D eigenvalue weighted by atomic mass is 35.5. The predicted octanol–water partition coefficient (Wildman–Crippen LogP) is 5.57. The van der Waals surface area contributed by atoms with E-state index in [4.69, 9.17) is 35.4 Å². The minimum Gasteiger partial charge on any atom is -0.337 e. The zero-order valence-electron chi connectivity index (χ0n) is 11.0. The first-order chi connectivity index (χ1) is 10.1. The molecule has 0 aliphatic carbocycles. The summed E-state index contributed by atoms with van der Waals surface area (Å²) in [6.45, 7) is 0.707. The quantitative estimate of drug-likeness (QED) is 0.621. The van der Waals surface area contributed by atoms with Crippen molar-refractivity contribution in [2.75, 3.05) is 0 Å². The van der Waals surface area contributed by atoms with Gasteiger partial charge in [0, 0.05) is 11.8 Å². The lowest BCUT2D eigenvalue weighted by molar-refractivity contribution is 0.791. The van der Waals surface area contributed by atoms with Crippen molar-refractivity contribution in [3.8, 4) is 11.3 Å². The van der Waals surface area contributed by atoms with E-state index < -0.39 is 0 Å². The summed E-state index contributed by atoms with van der Waals surface area (Å²) < 4.78 is 2.73. The van der Waals surface area contributed by atoms with Gasteiger partial charge in [0.25, 0.3) is 0 Å². The molecule has 3 rings (SSSR count). The number of hydrogen-bond acceptors (Lipinski definition) is 1. The van der Waals surface area contributed by atoms with Gasteiger partial charge in [-0.3, -0.25) is 0 Å². The van der Waals surface area contributed by atoms with E-state index in [1.807, 2.05) is 41.1 Å². The minimum atomic E-state index is 0.535. The Hall–Kier alpha value is -1.55. The average Bonchev–Trinajstić information content (AvgIpc) is 2.85. The summed E-state index contributed by atoms with van der Waals surface area (Å²) >= 11 is 17.5. The number of H-pyrrole nitrogens is 1. The van der Waals surface area contributed by atoms with E-state index in [-0.39, 0.29) is 0 Å². The van der Waals surface area contributed by atoms with Gasteiger partial charge in [-0.1, -0.05) is 59.6 Å². The summed E-state index contributed by atoms with van der Waals surface area (Å²) in [5.74, 6) is 0. The molecule has 1 aromatic heterocycles. The van der Waals surface area contributed by atoms with Crippen molar-refractivity contribution in [1.29, 1.82) is 0 Å². The molecule has 0 aliphatic heterocycles. The van der Waals surface area contributed by atoms with Crippen molar-refractivity contribution >= 4 is 35.4 Å². The van der Waals surface area contributed by atoms with Crippen LogP contribution in [0.2, 0.25) is 10.0 Å². The number of nitrogens with one attached hydrogen (secondary N) is 1. The number of hydrogen-bond donors (Lipinski definition) is 1. The molecule has 1 heterocycles. The maximum absolute atomic E-state index is 6.11. The number of imidazole rings is 1. The van der Waals surface area contributed by atoms with E-state index in [2.05, 4.69) is 17.1 Å². The van der Waals surface area contributed by atoms with E-state index in [0.29, 0.717) is 21.4 Å². The molecular formula is C16H12Cl2N2S. The van der Waals surface area contributed by atoms with Crippen LogP contribution in [0.15, 0.2) is 54.7 Å². The van der Waals surface area contributed by atoms with Gasteiger partial charge in [-0.05, 0) is 29.9 Å². The third-order valence-electron chi connectivity index (χ3n) is 3.27. The Kier molecular flexibility index (Phi) is 4.15. The molecule has 0 radical (unpaired) electrons. The molecule has 2 aromatic carbocycles. The Labute approximate surface area is 138 Å². The van der Waals surface area contributed by atoms with Crippen LogP contribution in [0.4, 0.5) is 0 Å². The topological polar surface area (TPSA) is 20.7 Å². The molecule has 106 valence electrons. The van der Waals surface area contributed by atoms with Gasteiger partial charge in [-0.25, -0.2) is 0 Å². The fraction of sp³-hybridized carbons (Fsp3) is 0.0625. The summed E-state index contributed by atoms with van der Waals surface area (Å²) in [6, 6.07) is 15.8. The van der Waals surface area contributed by atoms with Crippen LogP contribution in [0.1, 0.15) is 5.56 Å². The second-order valence-corrected chi connectivity index (χ2v) is 5.88. The lowest BCUT2D eigenvalue weighted by atomic mass is 10.1. The summed E-state index contributed by atoms with van der Waals surface area (Å²) in [7, 11) is 0. The third kappa shape index (κ3) is 3.05. The SMILES string of the molecule is S=c1[nH]cc(-c2ccc(Cl)c(Cl)c2)n1Cc1ccccc1. The smallest absolute Gasteiger partial charge is 0.177 e. The van der Waals surface area contributed by atoms with Crippen molar-refractivity contribution in [3.63, 3.8) is 0 Å². The molecular weight excluding hydrogens is 323 g/mol. The molecule has 2 nitrogen and oxygen atoms in total. The fourth-order valence-corrected chi connectivity index (χ4v) is 2.73. The Morgan fingerprint density at radius 1 is 1.00 bits per heavy atom. The zero-order chi connectivity index (χ0) is 14.8. The molecule has 0 aliphatic rings. The molecule has 0 unspecified atom stereocenters. The normalized spacial score (nSPS) is 10.8. The van der Waals surface area contributed by atoms with Crippen LogP contribution in [0.5, 0.6) is 0 Å². The molecule has 0 saturated carbocycles. The molecule has 0 bridgehead atoms. The minimum absolute atomic E-state index is 0.535. The molecule has 0 atom stereocenters. The molecule has 1 N–H and O–H groups in total. The molecule has 0 amide bonds. The average molecular weight is 335 g/mol. The van der Waals surface area contributed by atoms with E-state index in [1.54, 1.807) is 6.07 Å². The largest absolute Gasteiger partial charge is 0.337 e. The Balaban J connectivity index is 2.04. The summed E-state index contributed by atoms with van der Waals surface area (Å²) in [5, 5.41) is 1.08. The molecule has 0 saturated heterocycles. The predicted molar refractivity (Wildman–Crippen MR) is 90.6 cm³/mol. The number of nitrogens with zero attached hydrogens (tertiary/aromatic N) is 1. The van der Waals surface area contributed by atoms with E-state index >= 15 is 0 Å². The van der Waals surface area contributed by atoms with Gasteiger partial charge < -0.3 is 9.55 Å². The second kappa shape index (κ2) is 6.06. The lowest BCUT2D eigenvalue weighted by Gasteiger charge is -2.09. The number of aromatic nitrogens is 2. The zero-order valence-corrected chi connectivity index (χ0v) is 13.3. The van der Waals surface area contributed by atoms with Gasteiger partial charge in [-0.2, -0.15) is 0 Å². The van der Waals surface area contributed by atoms with Crippen molar-refractivity contribution < 1.29 is 0 Å². The number of rotatable bonds is 3. The first-order valence-electron chi connectivity index (χ1n) is 6.43. The molecule has 0 fully saturated rings. The van der Waals surface area contributed by atoms with Crippen LogP contribution < -0.4 is 0 Å². The van der Waals surface area contributed by atoms with Gasteiger partial charge in [-0.15, -0.1) is 0 Å². The summed E-state index contributed by atoms with van der Waals surface area (Å²) in [6.07, 6.45) is 1.89. The highest BCUT2D eigenvalue weighted by molar-refractivity contribution is 7.71. The monoisotopic (exact) mass is 334 g/mol. The van der Waals surface area contributed by atoms with Crippen molar-refractivity contribution in [3.05, 3.63) is 75.1 Å². The van der Waals surface area contributed by atoms with Crippen LogP contribution >= 0.6 is 35.4 Å². The van der Waals surface area contributed by atoms with Crippen LogP contribution in [-0.4, -0.2) is 9.55 Å². The van der Waals surface area contributed by atoms with Crippen LogP contribution in [0, 0.1) is 4.77 Å². The highest BCUT2D eigenvalue weighted by Gasteiger charge is 2.09. The summed E-state index contributed by atoms with van der Waals surface area (Å²) in [5.41, 5.74) is 3.16. The number of halogens is 2. The Morgan fingerprint density at radius 3 is 2.48 bits per heavy atom. The standard InChI is InChI=1S/C16H12Cl2N2S/c17-13-7-6-12(8-14(13)18)15-9-19-16(21)20(15)10-11-4-2-1-3-5-11/h1-9H,10H2,(H,19,21). The molecule has 21 heavy (non-hydrogen) atoms.